The highest BCUT2D eigenvalue weighted by atomic mass is 16.2. The summed E-state index contributed by atoms with van der Waals surface area (Å²) in [6, 6.07) is 8.20. The smallest absolute Gasteiger partial charge is 0.227 e. The summed E-state index contributed by atoms with van der Waals surface area (Å²) in [4.78, 5) is 14.5. The van der Waals surface area contributed by atoms with Crippen LogP contribution in [0.25, 0.3) is 0 Å². The molecule has 0 radical (unpaired) electrons. The molecule has 1 aromatic rings. The largest absolute Gasteiger partial charge is 0.370 e. The van der Waals surface area contributed by atoms with Crippen LogP contribution in [-0.2, 0) is 4.79 Å². The van der Waals surface area contributed by atoms with Crippen molar-refractivity contribution in [3.63, 3.8) is 0 Å². The van der Waals surface area contributed by atoms with E-state index >= 15 is 0 Å². The molecule has 3 heteroatoms. The van der Waals surface area contributed by atoms with Crippen LogP contribution in [0.1, 0.15) is 32.6 Å². The Labute approximate surface area is 115 Å². The van der Waals surface area contributed by atoms with Crippen molar-refractivity contribution in [2.75, 3.05) is 23.3 Å². The monoisotopic (exact) mass is 258 g/mol. The fraction of sp³-hybridized carbons (Fsp3) is 0.562. The van der Waals surface area contributed by atoms with Crippen LogP contribution >= 0.6 is 0 Å². The number of hydrogen-bond acceptors (Lipinski definition) is 2. The Bertz CT molecular complexity index is 466. The van der Waals surface area contributed by atoms with Gasteiger partial charge in [0.15, 0.2) is 0 Å². The molecule has 2 atom stereocenters. The Morgan fingerprint density at radius 2 is 1.89 bits per heavy atom. The number of rotatable bonds is 3. The number of nitrogens with zero attached hydrogens (tertiary/aromatic N) is 1. The van der Waals surface area contributed by atoms with Crippen LogP contribution < -0.4 is 10.2 Å². The molecule has 1 aliphatic heterocycles. The second-order valence-electron chi connectivity index (χ2n) is 5.87. The van der Waals surface area contributed by atoms with Gasteiger partial charge in [-0.15, -0.1) is 0 Å². The zero-order chi connectivity index (χ0) is 13.2. The van der Waals surface area contributed by atoms with E-state index in [1.165, 1.54) is 24.9 Å². The van der Waals surface area contributed by atoms with E-state index in [4.69, 9.17) is 0 Å². The minimum Gasteiger partial charge on any atom is -0.370 e. The minimum absolute atomic E-state index is 0.192. The zero-order valence-electron chi connectivity index (χ0n) is 11.6. The van der Waals surface area contributed by atoms with Gasteiger partial charge in [-0.2, -0.15) is 0 Å². The average molecular weight is 258 g/mol. The van der Waals surface area contributed by atoms with E-state index in [0.717, 1.165) is 25.2 Å². The van der Waals surface area contributed by atoms with Crippen molar-refractivity contribution >= 4 is 17.3 Å². The Morgan fingerprint density at radius 3 is 2.58 bits per heavy atom. The number of carbonyl (C=O) groups is 1. The SMILES string of the molecule is C[C@H]1C[C@@H]1C(=O)Nc1ccccc1N1CCCCC1. The number of amides is 1. The number of anilines is 2. The van der Waals surface area contributed by atoms with Crippen LogP contribution in [0, 0.1) is 11.8 Å². The summed E-state index contributed by atoms with van der Waals surface area (Å²) >= 11 is 0. The number of para-hydroxylation sites is 2. The van der Waals surface area contributed by atoms with Gasteiger partial charge in [-0.3, -0.25) is 4.79 Å². The molecule has 1 N–H and O–H groups in total. The molecule has 19 heavy (non-hydrogen) atoms. The van der Waals surface area contributed by atoms with Crippen LogP contribution in [-0.4, -0.2) is 19.0 Å². The number of carbonyl (C=O) groups excluding carboxylic acids is 1. The third kappa shape index (κ3) is 2.75. The van der Waals surface area contributed by atoms with E-state index < -0.39 is 0 Å². The summed E-state index contributed by atoms with van der Waals surface area (Å²) < 4.78 is 0. The summed E-state index contributed by atoms with van der Waals surface area (Å²) in [5.74, 6) is 0.980. The topological polar surface area (TPSA) is 32.3 Å². The molecule has 3 nitrogen and oxygen atoms in total. The van der Waals surface area contributed by atoms with Gasteiger partial charge in [-0.05, 0) is 43.7 Å². The first-order valence-electron chi connectivity index (χ1n) is 7.40. The molecule has 1 aromatic carbocycles. The van der Waals surface area contributed by atoms with Gasteiger partial charge in [0.1, 0.15) is 0 Å². The van der Waals surface area contributed by atoms with Crippen molar-refractivity contribution in [2.45, 2.75) is 32.6 Å². The van der Waals surface area contributed by atoms with Gasteiger partial charge >= 0.3 is 0 Å². The van der Waals surface area contributed by atoms with Crippen LogP contribution in [0.4, 0.5) is 11.4 Å². The lowest BCUT2D eigenvalue weighted by atomic mass is 10.1. The van der Waals surface area contributed by atoms with Gasteiger partial charge in [0.2, 0.25) is 5.91 Å². The molecule has 2 aliphatic rings. The Hall–Kier alpha value is -1.51. The summed E-state index contributed by atoms with van der Waals surface area (Å²) in [5, 5.41) is 3.12. The number of piperidine rings is 1. The lowest BCUT2D eigenvalue weighted by Crippen LogP contribution is -2.30. The van der Waals surface area contributed by atoms with Crippen molar-refractivity contribution in [3.8, 4) is 0 Å². The number of hydrogen-bond donors (Lipinski definition) is 1. The first-order chi connectivity index (χ1) is 9.25. The molecule has 1 heterocycles. The molecule has 0 bridgehead atoms. The zero-order valence-corrected chi connectivity index (χ0v) is 11.6. The fourth-order valence-corrected chi connectivity index (χ4v) is 2.90. The van der Waals surface area contributed by atoms with E-state index in [-0.39, 0.29) is 11.8 Å². The van der Waals surface area contributed by atoms with E-state index in [0.29, 0.717) is 5.92 Å². The third-order valence-corrected chi connectivity index (χ3v) is 4.30. The molecule has 1 saturated heterocycles. The lowest BCUT2D eigenvalue weighted by Gasteiger charge is -2.30. The molecule has 2 fully saturated rings. The van der Waals surface area contributed by atoms with Crippen LogP contribution in [0.3, 0.4) is 0 Å². The summed E-state index contributed by atoms with van der Waals surface area (Å²) in [5.41, 5.74) is 2.16. The normalized spacial score (nSPS) is 26.1. The Morgan fingerprint density at radius 1 is 1.21 bits per heavy atom. The van der Waals surface area contributed by atoms with Crippen molar-refractivity contribution in [1.82, 2.24) is 0 Å². The van der Waals surface area contributed by atoms with E-state index in [1.54, 1.807) is 0 Å². The molecule has 102 valence electrons. The quantitative estimate of drug-likeness (QED) is 0.902. The maximum atomic E-state index is 12.1. The second kappa shape index (κ2) is 5.24. The maximum Gasteiger partial charge on any atom is 0.227 e. The first kappa shape index (κ1) is 12.5. The lowest BCUT2D eigenvalue weighted by molar-refractivity contribution is -0.117. The van der Waals surface area contributed by atoms with Gasteiger partial charge in [0.05, 0.1) is 11.4 Å². The molecule has 0 aromatic heterocycles. The van der Waals surface area contributed by atoms with Crippen LogP contribution in [0.5, 0.6) is 0 Å². The van der Waals surface area contributed by atoms with Crippen molar-refractivity contribution in [3.05, 3.63) is 24.3 Å². The predicted molar refractivity (Wildman–Crippen MR) is 78.4 cm³/mol. The highest BCUT2D eigenvalue weighted by Crippen LogP contribution is 2.39. The third-order valence-electron chi connectivity index (χ3n) is 4.30. The minimum atomic E-state index is 0.192. The van der Waals surface area contributed by atoms with Crippen molar-refractivity contribution in [2.24, 2.45) is 11.8 Å². The highest BCUT2D eigenvalue weighted by Gasteiger charge is 2.39. The predicted octanol–water partition coefficient (Wildman–Crippen LogP) is 3.27. The van der Waals surface area contributed by atoms with Crippen LogP contribution in [0.15, 0.2) is 24.3 Å². The fourth-order valence-electron chi connectivity index (χ4n) is 2.90. The van der Waals surface area contributed by atoms with Gasteiger partial charge in [0.25, 0.3) is 0 Å². The first-order valence-corrected chi connectivity index (χ1v) is 7.40. The standard InChI is InChI=1S/C16H22N2O/c1-12-11-13(12)16(19)17-14-7-3-4-8-15(14)18-9-5-2-6-10-18/h3-4,7-8,12-13H,2,5-6,9-11H2,1H3,(H,17,19)/t12-,13-/m0/s1. The summed E-state index contributed by atoms with van der Waals surface area (Å²) in [6.07, 6.45) is 4.87. The van der Waals surface area contributed by atoms with Crippen molar-refractivity contribution < 1.29 is 4.79 Å². The molecular formula is C16H22N2O. The van der Waals surface area contributed by atoms with E-state index in [2.05, 4.69) is 29.3 Å². The molecular weight excluding hydrogens is 236 g/mol. The van der Waals surface area contributed by atoms with E-state index in [9.17, 15) is 4.79 Å². The Kier molecular flexibility index (Phi) is 3.45. The Balaban J connectivity index is 1.74. The molecule has 1 aliphatic carbocycles. The summed E-state index contributed by atoms with van der Waals surface area (Å²) in [7, 11) is 0. The molecule has 0 unspecified atom stereocenters. The van der Waals surface area contributed by atoms with Gasteiger partial charge < -0.3 is 10.2 Å². The van der Waals surface area contributed by atoms with Gasteiger partial charge in [-0.25, -0.2) is 0 Å². The highest BCUT2D eigenvalue weighted by molar-refractivity contribution is 5.97. The molecule has 0 spiro atoms. The second-order valence-corrected chi connectivity index (χ2v) is 5.87. The molecule has 1 amide bonds. The molecule has 3 rings (SSSR count). The van der Waals surface area contributed by atoms with Crippen molar-refractivity contribution in [1.29, 1.82) is 0 Å². The maximum absolute atomic E-state index is 12.1. The number of benzene rings is 1. The number of nitrogens with one attached hydrogen (secondary N) is 1. The van der Waals surface area contributed by atoms with Gasteiger partial charge in [0, 0.05) is 19.0 Å². The average Bonchev–Trinajstić information content (AvgIpc) is 3.18. The van der Waals surface area contributed by atoms with Gasteiger partial charge in [-0.1, -0.05) is 19.1 Å². The summed E-state index contributed by atoms with van der Waals surface area (Å²) in [6.45, 7) is 4.35. The van der Waals surface area contributed by atoms with E-state index in [1.807, 2.05) is 12.1 Å². The van der Waals surface area contributed by atoms with Crippen LogP contribution in [0.2, 0.25) is 0 Å². The molecule has 1 saturated carbocycles.